The molecule has 0 fully saturated rings. The zero-order valence-corrected chi connectivity index (χ0v) is 14.5. The Balaban J connectivity index is 1.90. The molecule has 1 N–H and O–H groups in total. The molecule has 0 atom stereocenters. The maximum Gasteiger partial charge on any atom is 0.337 e. The molecule has 1 aliphatic heterocycles. The van der Waals surface area contributed by atoms with Gasteiger partial charge in [-0.25, -0.2) is 13.2 Å². The minimum Gasteiger partial charge on any atom is -0.465 e. The van der Waals surface area contributed by atoms with Gasteiger partial charge >= 0.3 is 5.97 Å². The highest BCUT2D eigenvalue weighted by atomic mass is 32.2. The van der Waals surface area contributed by atoms with Crippen LogP contribution in [0.25, 0.3) is 0 Å². The normalized spacial score (nSPS) is 13.5. The lowest BCUT2D eigenvalue weighted by molar-refractivity contribution is -0.117. The number of carbonyl (C=O) groups is 2. The fourth-order valence-corrected chi connectivity index (χ4v) is 3.75. The van der Waals surface area contributed by atoms with Crippen LogP contribution in [0.2, 0.25) is 0 Å². The number of methoxy groups -OCH3 is 1. The molecule has 3 rings (SSSR count). The number of esters is 1. The van der Waals surface area contributed by atoms with E-state index in [0.717, 1.165) is 0 Å². The van der Waals surface area contributed by atoms with Crippen molar-refractivity contribution < 1.29 is 22.7 Å². The van der Waals surface area contributed by atoms with E-state index in [1.807, 2.05) is 0 Å². The molecule has 130 valence electrons. The van der Waals surface area contributed by atoms with E-state index in [4.69, 9.17) is 0 Å². The molecule has 25 heavy (non-hydrogen) atoms. The minimum absolute atomic E-state index is 0.0535. The molecular weight excluding hydrogens is 344 g/mol. The minimum atomic E-state index is -3.85. The average Bonchev–Trinajstić information content (AvgIpc) is 2.88. The Morgan fingerprint density at radius 2 is 1.96 bits per heavy atom. The van der Waals surface area contributed by atoms with Crippen molar-refractivity contribution in [2.45, 2.75) is 11.3 Å². The van der Waals surface area contributed by atoms with Gasteiger partial charge in [0.1, 0.15) is 0 Å². The van der Waals surface area contributed by atoms with Crippen LogP contribution in [0.1, 0.15) is 15.9 Å². The Labute approximate surface area is 145 Å². The molecule has 0 unspecified atom stereocenters. The van der Waals surface area contributed by atoms with Gasteiger partial charge in [0.15, 0.2) is 0 Å². The van der Waals surface area contributed by atoms with E-state index in [1.54, 1.807) is 19.2 Å². The van der Waals surface area contributed by atoms with Crippen molar-refractivity contribution in [1.82, 2.24) is 0 Å². The van der Waals surface area contributed by atoms with Crippen LogP contribution in [-0.2, 0) is 26.0 Å². The molecule has 0 spiro atoms. The van der Waals surface area contributed by atoms with Crippen molar-refractivity contribution in [1.29, 1.82) is 0 Å². The number of benzene rings is 2. The lowest BCUT2D eigenvalue weighted by atomic mass is 10.2. The van der Waals surface area contributed by atoms with Gasteiger partial charge in [-0.1, -0.05) is 6.07 Å². The van der Waals surface area contributed by atoms with Gasteiger partial charge in [-0.05, 0) is 42.0 Å². The van der Waals surface area contributed by atoms with E-state index in [2.05, 4.69) is 9.46 Å². The summed E-state index contributed by atoms with van der Waals surface area (Å²) in [6, 6.07) is 10.6. The van der Waals surface area contributed by atoms with E-state index in [9.17, 15) is 18.0 Å². The molecule has 7 nitrogen and oxygen atoms in total. The number of likely N-dealkylation sites (N-methyl/N-ethyl adjacent to an activating group) is 1. The monoisotopic (exact) mass is 360 g/mol. The number of nitrogens with zero attached hydrogens (tertiary/aromatic N) is 1. The number of rotatable bonds is 4. The smallest absolute Gasteiger partial charge is 0.337 e. The zero-order chi connectivity index (χ0) is 18.2. The Bertz CT molecular complexity index is 969. The van der Waals surface area contributed by atoms with Gasteiger partial charge in [0, 0.05) is 18.4 Å². The van der Waals surface area contributed by atoms with Crippen LogP contribution in [0.15, 0.2) is 47.4 Å². The van der Waals surface area contributed by atoms with Crippen molar-refractivity contribution in [3.8, 4) is 0 Å². The van der Waals surface area contributed by atoms with Gasteiger partial charge in [0.25, 0.3) is 10.0 Å². The lowest BCUT2D eigenvalue weighted by Crippen LogP contribution is -2.20. The Hall–Kier alpha value is -2.87. The van der Waals surface area contributed by atoms with Crippen LogP contribution in [0, 0.1) is 0 Å². The van der Waals surface area contributed by atoms with E-state index in [1.165, 1.54) is 42.3 Å². The number of anilines is 2. The molecule has 1 heterocycles. The second kappa shape index (κ2) is 6.21. The van der Waals surface area contributed by atoms with E-state index >= 15 is 0 Å². The predicted molar refractivity (Wildman–Crippen MR) is 92.1 cm³/mol. The highest BCUT2D eigenvalue weighted by Crippen LogP contribution is 2.30. The summed E-state index contributed by atoms with van der Waals surface area (Å²) >= 11 is 0. The fourth-order valence-electron chi connectivity index (χ4n) is 2.66. The fraction of sp³-hybridized carbons (Fsp3) is 0.176. The number of carbonyl (C=O) groups excluding carboxylic acids is 2. The maximum absolute atomic E-state index is 12.6. The molecular formula is C17H16N2O5S. The van der Waals surface area contributed by atoms with E-state index in [0.29, 0.717) is 11.3 Å². The first kappa shape index (κ1) is 17.0. The van der Waals surface area contributed by atoms with Crippen LogP contribution in [0.5, 0.6) is 0 Å². The zero-order valence-electron chi connectivity index (χ0n) is 13.6. The molecule has 0 radical (unpaired) electrons. The quantitative estimate of drug-likeness (QED) is 0.839. The number of ether oxygens (including phenoxy) is 1. The van der Waals surface area contributed by atoms with Gasteiger partial charge in [-0.15, -0.1) is 0 Å². The second-order valence-corrected chi connectivity index (χ2v) is 7.28. The summed E-state index contributed by atoms with van der Waals surface area (Å²) in [5.74, 6) is -0.636. The number of amides is 1. The summed E-state index contributed by atoms with van der Waals surface area (Å²) in [7, 11) is -0.947. The third kappa shape index (κ3) is 3.20. The van der Waals surface area contributed by atoms with Gasteiger partial charge in [-0.3, -0.25) is 9.52 Å². The van der Waals surface area contributed by atoms with Crippen molar-refractivity contribution in [2.24, 2.45) is 0 Å². The number of sulfonamides is 1. The van der Waals surface area contributed by atoms with Gasteiger partial charge in [0.05, 0.1) is 24.0 Å². The standard InChI is InChI=1S/C17H16N2O5S/c1-19-15-7-6-14(9-12(15)10-16(19)20)25(22,23)18-13-5-3-4-11(8-13)17(21)24-2/h3-9,18H,10H2,1-2H3. The number of hydrogen-bond donors (Lipinski definition) is 1. The van der Waals surface area contributed by atoms with Gasteiger partial charge < -0.3 is 9.64 Å². The van der Waals surface area contributed by atoms with Crippen LogP contribution >= 0.6 is 0 Å². The molecule has 0 saturated carbocycles. The SMILES string of the molecule is COC(=O)c1cccc(NS(=O)(=O)c2ccc3c(c2)CC(=O)N3C)c1. The molecule has 1 aliphatic rings. The van der Waals surface area contributed by atoms with E-state index in [-0.39, 0.29) is 28.5 Å². The summed E-state index contributed by atoms with van der Waals surface area (Å²) in [6.07, 6.45) is 0.174. The highest BCUT2D eigenvalue weighted by molar-refractivity contribution is 7.92. The molecule has 0 bridgehead atoms. The summed E-state index contributed by atoms with van der Waals surface area (Å²) in [5, 5.41) is 0. The van der Waals surface area contributed by atoms with Crippen molar-refractivity contribution in [3.05, 3.63) is 53.6 Å². The Morgan fingerprint density at radius 3 is 2.68 bits per heavy atom. The topological polar surface area (TPSA) is 92.8 Å². The van der Waals surface area contributed by atoms with Crippen LogP contribution in [0.4, 0.5) is 11.4 Å². The van der Waals surface area contributed by atoms with Crippen LogP contribution in [0.3, 0.4) is 0 Å². The molecule has 8 heteroatoms. The second-order valence-electron chi connectivity index (χ2n) is 5.60. The average molecular weight is 360 g/mol. The molecule has 0 saturated heterocycles. The van der Waals surface area contributed by atoms with Crippen molar-refractivity contribution in [2.75, 3.05) is 23.8 Å². The first-order valence-corrected chi connectivity index (χ1v) is 8.91. The molecule has 0 aliphatic carbocycles. The highest BCUT2D eigenvalue weighted by Gasteiger charge is 2.26. The third-order valence-electron chi connectivity index (χ3n) is 3.97. The molecule has 1 amide bonds. The molecule has 0 aromatic heterocycles. The largest absolute Gasteiger partial charge is 0.465 e. The predicted octanol–water partition coefficient (Wildman–Crippen LogP) is 1.79. The van der Waals surface area contributed by atoms with Crippen LogP contribution < -0.4 is 9.62 Å². The van der Waals surface area contributed by atoms with Crippen molar-refractivity contribution >= 4 is 33.3 Å². The number of fused-ring (bicyclic) bond motifs is 1. The molecule has 2 aromatic carbocycles. The summed E-state index contributed by atoms with van der Waals surface area (Å²) < 4.78 is 32.2. The first-order chi connectivity index (χ1) is 11.8. The lowest BCUT2D eigenvalue weighted by Gasteiger charge is -2.12. The Morgan fingerprint density at radius 1 is 1.20 bits per heavy atom. The summed E-state index contributed by atoms with van der Waals surface area (Å²) in [4.78, 5) is 24.8. The first-order valence-electron chi connectivity index (χ1n) is 7.42. The van der Waals surface area contributed by atoms with Crippen LogP contribution in [-0.4, -0.2) is 34.5 Å². The summed E-state index contributed by atoms with van der Waals surface area (Å²) in [6.45, 7) is 0. The Kier molecular flexibility index (Phi) is 4.22. The van der Waals surface area contributed by atoms with Crippen molar-refractivity contribution in [3.63, 3.8) is 0 Å². The maximum atomic E-state index is 12.6. The molecule has 2 aromatic rings. The van der Waals surface area contributed by atoms with Gasteiger partial charge in [0.2, 0.25) is 5.91 Å². The third-order valence-corrected chi connectivity index (χ3v) is 5.35. The van der Waals surface area contributed by atoms with E-state index < -0.39 is 16.0 Å². The summed E-state index contributed by atoms with van der Waals surface area (Å²) in [5.41, 5.74) is 1.86. The number of nitrogens with one attached hydrogen (secondary N) is 1. The van der Waals surface area contributed by atoms with Gasteiger partial charge in [-0.2, -0.15) is 0 Å². The number of hydrogen-bond acceptors (Lipinski definition) is 5.